The average molecular weight is 314 g/mol. The van der Waals surface area contributed by atoms with Crippen molar-refractivity contribution in [3.63, 3.8) is 0 Å². The van der Waals surface area contributed by atoms with Gasteiger partial charge in [-0.2, -0.15) is 0 Å². The van der Waals surface area contributed by atoms with Crippen LogP contribution in [0.5, 0.6) is 5.75 Å². The largest absolute Gasteiger partial charge is 0.494 e. The van der Waals surface area contributed by atoms with E-state index in [1.165, 1.54) is 0 Å². The van der Waals surface area contributed by atoms with Gasteiger partial charge in [-0.1, -0.05) is 5.21 Å². The van der Waals surface area contributed by atoms with Gasteiger partial charge in [-0.15, -0.1) is 5.10 Å². The molecule has 0 amide bonds. The second-order valence-corrected chi connectivity index (χ2v) is 4.95. The predicted molar refractivity (Wildman–Crippen MR) is 72.9 cm³/mol. The smallest absolute Gasteiger partial charge is 0.156 e. The van der Waals surface area contributed by atoms with Gasteiger partial charge >= 0.3 is 0 Å². The zero-order valence-corrected chi connectivity index (χ0v) is 12.3. The van der Waals surface area contributed by atoms with Crippen LogP contribution in [0, 0.1) is 0 Å². The van der Waals surface area contributed by atoms with Crippen LogP contribution in [0.15, 0.2) is 16.6 Å². The van der Waals surface area contributed by atoms with E-state index in [0.717, 1.165) is 34.2 Å². The van der Waals surface area contributed by atoms with E-state index in [0.29, 0.717) is 0 Å². The molecule has 0 saturated carbocycles. The first-order valence-corrected chi connectivity index (χ1v) is 6.55. The second kappa shape index (κ2) is 5.67. The topological polar surface area (TPSA) is 49.2 Å². The Hall–Kier alpha value is -1.14. The van der Waals surface area contributed by atoms with Gasteiger partial charge in [0.05, 0.1) is 13.2 Å². The number of aromatic nitrogens is 3. The fourth-order valence-electron chi connectivity index (χ4n) is 1.77. The fraction of sp³-hybridized carbons (Fsp3) is 0.500. The number of aryl methyl sites for hydroxylation is 1. The van der Waals surface area contributed by atoms with Crippen molar-refractivity contribution in [2.45, 2.75) is 26.0 Å². The van der Waals surface area contributed by atoms with Crippen LogP contribution in [0.1, 0.15) is 13.3 Å². The summed E-state index contributed by atoms with van der Waals surface area (Å²) in [7, 11) is 3.34. The lowest BCUT2D eigenvalue weighted by atomic mass is 10.2. The van der Waals surface area contributed by atoms with Gasteiger partial charge < -0.3 is 9.47 Å². The summed E-state index contributed by atoms with van der Waals surface area (Å²) in [6, 6.07) is 3.82. The lowest BCUT2D eigenvalue weighted by Gasteiger charge is -2.09. The summed E-state index contributed by atoms with van der Waals surface area (Å²) >= 11 is 3.53. The predicted octanol–water partition coefficient (Wildman–Crippen LogP) is 2.63. The molecule has 0 aliphatic heterocycles. The minimum Gasteiger partial charge on any atom is -0.494 e. The zero-order valence-electron chi connectivity index (χ0n) is 10.7. The number of nitrogens with zero attached hydrogens (tertiary/aromatic N) is 3. The van der Waals surface area contributed by atoms with Crippen LogP contribution in [0.25, 0.3) is 11.0 Å². The van der Waals surface area contributed by atoms with Gasteiger partial charge in [-0.05, 0) is 41.4 Å². The highest BCUT2D eigenvalue weighted by Gasteiger charge is 2.13. The average Bonchev–Trinajstić information content (AvgIpc) is 2.81. The monoisotopic (exact) mass is 313 g/mol. The van der Waals surface area contributed by atoms with E-state index < -0.39 is 0 Å². The fourth-order valence-corrected chi connectivity index (χ4v) is 2.29. The van der Waals surface area contributed by atoms with Crippen molar-refractivity contribution in [3.05, 3.63) is 16.6 Å². The molecule has 0 fully saturated rings. The summed E-state index contributed by atoms with van der Waals surface area (Å²) in [6.45, 7) is 2.80. The van der Waals surface area contributed by atoms with Gasteiger partial charge in [0.1, 0.15) is 11.3 Å². The van der Waals surface area contributed by atoms with Crippen molar-refractivity contribution in [2.75, 3.05) is 14.2 Å². The minimum absolute atomic E-state index is 0.202. The Morgan fingerprint density at radius 2 is 2.17 bits per heavy atom. The molecule has 2 rings (SSSR count). The van der Waals surface area contributed by atoms with Crippen molar-refractivity contribution in [3.8, 4) is 5.75 Å². The highest BCUT2D eigenvalue weighted by Crippen LogP contribution is 2.29. The van der Waals surface area contributed by atoms with Crippen molar-refractivity contribution in [1.82, 2.24) is 15.0 Å². The van der Waals surface area contributed by atoms with Crippen molar-refractivity contribution in [2.24, 2.45) is 0 Å². The molecule has 2 aromatic rings. The molecule has 0 spiro atoms. The molecule has 6 heteroatoms. The maximum atomic E-state index is 5.28. The Balaban J connectivity index is 2.35. The van der Waals surface area contributed by atoms with Gasteiger partial charge in [-0.25, -0.2) is 4.68 Å². The summed E-state index contributed by atoms with van der Waals surface area (Å²) in [6.07, 6.45) is 1.09. The molecular formula is C12H16BrN3O2. The quantitative estimate of drug-likeness (QED) is 0.851. The number of hydrogen-bond donors (Lipinski definition) is 0. The van der Waals surface area contributed by atoms with E-state index in [2.05, 4.69) is 26.2 Å². The molecule has 0 aliphatic carbocycles. The van der Waals surface area contributed by atoms with E-state index >= 15 is 0 Å². The molecule has 1 unspecified atom stereocenters. The van der Waals surface area contributed by atoms with E-state index in [-0.39, 0.29) is 6.10 Å². The first kappa shape index (κ1) is 13.3. The number of fused-ring (bicyclic) bond motifs is 1. The third-order valence-corrected chi connectivity index (χ3v) is 3.59. The molecular weight excluding hydrogens is 298 g/mol. The molecule has 0 radical (unpaired) electrons. The molecule has 1 aromatic carbocycles. The van der Waals surface area contributed by atoms with Crippen LogP contribution in [-0.2, 0) is 11.3 Å². The SMILES string of the molecule is COc1ccc(Br)c2c1nnn2CCC(C)OC. The molecule has 1 atom stereocenters. The van der Waals surface area contributed by atoms with Gasteiger partial charge in [0.2, 0.25) is 0 Å². The van der Waals surface area contributed by atoms with Crippen LogP contribution in [0.3, 0.4) is 0 Å². The third kappa shape index (κ3) is 2.49. The molecule has 0 bridgehead atoms. The Bertz CT molecular complexity index is 541. The number of halogens is 1. The number of methoxy groups -OCH3 is 2. The molecule has 0 saturated heterocycles. The van der Waals surface area contributed by atoms with Crippen molar-refractivity contribution >= 4 is 27.0 Å². The normalized spacial score (nSPS) is 12.9. The number of benzene rings is 1. The van der Waals surface area contributed by atoms with Gasteiger partial charge in [-0.3, -0.25) is 0 Å². The van der Waals surface area contributed by atoms with Gasteiger partial charge in [0, 0.05) is 18.1 Å². The Morgan fingerprint density at radius 3 is 2.83 bits per heavy atom. The zero-order chi connectivity index (χ0) is 13.1. The van der Waals surface area contributed by atoms with Gasteiger partial charge in [0.15, 0.2) is 5.52 Å². The van der Waals surface area contributed by atoms with Gasteiger partial charge in [0.25, 0.3) is 0 Å². The van der Waals surface area contributed by atoms with E-state index in [1.54, 1.807) is 14.2 Å². The van der Waals surface area contributed by atoms with Crippen molar-refractivity contribution in [1.29, 1.82) is 0 Å². The second-order valence-electron chi connectivity index (χ2n) is 4.09. The van der Waals surface area contributed by atoms with E-state index in [1.807, 2.05) is 23.7 Å². The lowest BCUT2D eigenvalue weighted by Crippen LogP contribution is -2.10. The van der Waals surface area contributed by atoms with Crippen LogP contribution >= 0.6 is 15.9 Å². The Labute approximate surface area is 114 Å². The summed E-state index contributed by atoms with van der Waals surface area (Å²) in [5, 5.41) is 8.34. The first-order chi connectivity index (χ1) is 8.67. The summed E-state index contributed by atoms with van der Waals surface area (Å²) in [5.41, 5.74) is 1.73. The Kier molecular flexibility index (Phi) is 4.19. The molecule has 0 aliphatic rings. The molecule has 1 aromatic heterocycles. The molecule has 18 heavy (non-hydrogen) atoms. The number of ether oxygens (including phenoxy) is 2. The molecule has 1 heterocycles. The summed E-state index contributed by atoms with van der Waals surface area (Å²) < 4.78 is 13.4. The molecule has 98 valence electrons. The minimum atomic E-state index is 0.202. The van der Waals surface area contributed by atoms with Crippen LogP contribution in [0.2, 0.25) is 0 Å². The maximum absolute atomic E-state index is 5.28. The number of rotatable bonds is 5. The lowest BCUT2D eigenvalue weighted by molar-refractivity contribution is 0.106. The van der Waals surface area contributed by atoms with Crippen LogP contribution in [-0.4, -0.2) is 35.3 Å². The molecule has 5 nitrogen and oxygen atoms in total. The standard InChI is InChI=1S/C12H16BrN3O2/c1-8(17-2)6-7-16-12-9(13)4-5-10(18-3)11(12)14-15-16/h4-5,8H,6-7H2,1-3H3. The molecule has 0 N–H and O–H groups in total. The first-order valence-electron chi connectivity index (χ1n) is 5.76. The highest BCUT2D eigenvalue weighted by molar-refractivity contribution is 9.10. The van der Waals surface area contributed by atoms with Crippen molar-refractivity contribution < 1.29 is 9.47 Å². The summed E-state index contributed by atoms with van der Waals surface area (Å²) in [5.74, 6) is 0.735. The van der Waals surface area contributed by atoms with Crippen LogP contribution < -0.4 is 4.74 Å². The highest BCUT2D eigenvalue weighted by atomic mass is 79.9. The maximum Gasteiger partial charge on any atom is 0.156 e. The van der Waals surface area contributed by atoms with Crippen LogP contribution in [0.4, 0.5) is 0 Å². The Morgan fingerprint density at radius 1 is 1.39 bits per heavy atom. The number of hydrogen-bond acceptors (Lipinski definition) is 4. The van der Waals surface area contributed by atoms with E-state index in [9.17, 15) is 0 Å². The van der Waals surface area contributed by atoms with E-state index in [4.69, 9.17) is 9.47 Å². The summed E-state index contributed by atoms with van der Waals surface area (Å²) in [4.78, 5) is 0. The third-order valence-electron chi connectivity index (χ3n) is 2.95.